The third kappa shape index (κ3) is 3.78. The van der Waals surface area contributed by atoms with E-state index in [1.807, 2.05) is 0 Å². The number of sulfonamides is 1. The first-order chi connectivity index (χ1) is 10.3. The van der Waals surface area contributed by atoms with Crippen LogP contribution in [-0.2, 0) is 19.6 Å². The van der Waals surface area contributed by atoms with Gasteiger partial charge >= 0.3 is 5.97 Å². The van der Waals surface area contributed by atoms with E-state index < -0.39 is 21.9 Å². The van der Waals surface area contributed by atoms with Gasteiger partial charge in [-0.05, 0) is 32.6 Å². The van der Waals surface area contributed by atoms with Crippen molar-refractivity contribution >= 4 is 21.9 Å². The van der Waals surface area contributed by atoms with Gasteiger partial charge in [0.1, 0.15) is 0 Å². The molecule has 2 aliphatic rings. The number of hydrogen-bond donors (Lipinski definition) is 2. The summed E-state index contributed by atoms with van der Waals surface area (Å²) >= 11 is 0. The van der Waals surface area contributed by atoms with Gasteiger partial charge in [-0.1, -0.05) is 6.42 Å². The average molecular weight is 332 g/mol. The van der Waals surface area contributed by atoms with Gasteiger partial charge in [-0.25, -0.2) is 12.7 Å². The Hall–Kier alpha value is -1.15. The van der Waals surface area contributed by atoms with Gasteiger partial charge in [0.05, 0.1) is 11.7 Å². The number of piperidine rings is 1. The number of carboxylic acids is 1. The Kier molecular flexibility index (Phi) is 5.44. The smallest absolute Gasteiger partial charge is 0.308 e. The van der Waals surface area contributed by atoms with Gasteiger partial charge in [0, 0.05) is 25.0 Å². The number of amides is 1. The monoisotopic (exact) mass is 332 g/mol. The van der Waals surface area contributed by atoms with E-state index in [1.165, 1.54) is 4.31 Å². The largest absolute Gasteiger partial charge is 0.481 e. The SMILES string of the molecule is CCS(=O)(=O)N1CCC(C(=O)N[C@@H]2CCC[C@@H]2C(=O)O)CC1. The number of carbonyl (C=O) groups excluding carboxylic acids is 1. The van der Waals surface area contributed by atoms with Crippen molar-refractivity contribution in [1.29, 1.82) is 0 Å². The molecule has 126 valence electrons. The molecule has 7 nitrogen and oxygen atoms in total. The fraction of sp³-hybridized carbons (Fsp3) is 0.857. The van der Waals surface area contributed by atoms with Crippen LogP contribution in [0.5, 0.6) is 0 Å². The molecule has 0 aromatic rings. The number of nitrogens with one attached hydrogen (secondary N) is 1. The first-order valence-corrected chi connectivity index (χ1v) is 9.47. The van der Waals surface area contributed by atoms with Crippen molar-refractivity contribution in [2.45, 2.75) is 45.1 Å². The minimum atomic E-state index is -3.19. The molecule has 0 spiro atoms. The van der Waals surface area contributed by atoms with E-state index >= 15 is 0 Å². The van der Waals surface area contributed by atoms with Crippen molar-refractivity contribution in [2.24, 2.45) is 11.8 Å². The molecule has 22 heavy (non-hydrogen) atoms. The summed E-state index contributed by atoms with van der Waals surface area (Å²) < 4.78 is 25.0. The van der Waals surface area contributed by atoms with E-state index in [0.717, 1.165) is 6.42 Å². The van der Waals surface area contributed by atoms with E-state index in [2.05, 4.69) is 5.32 Å². The zero-order valence-corrected chi connectivity index (χ0v) is 13.6. The van der Waals surface area contributed by atoms with Crippen LogP contribution in [0.15, 0.2) is 0 Å². The second kappa shape index (κ2) is 6.95. The Labute approximate surface area is 131 Å². The molecule has 0 unspecified atom stereocenters. The number of rotatable bonds is 5. The summed E-state index contributed by atoms with van der Waals surface area (Å²) in [5.74, 6) is -1.63. The highest BCUT2D eigenvalue weighted by Gasteiger charge is 2.36. The molecule has 0 aromatic heterocycles. The molecule has 2 N–H and O–H groups in total. The molecule has 2 fully saturated rings. The normalized spacial score (nSPS) is 27.7. The number of carboxylic acid groups (broad SMARTS) is 1. The maximum absolute atomic E-state index is 12.3. The van der Waals surface area contributed by atoms with Crippen molar-refractivity contribution < 1.29 is 23.1 Å². The van der Waals surface area contributed by atoms with Crippen molar-refractivity contribution in [1.82, 2.24) is 9.62 Å². The summed E-state index contributed by atoms with van der Waals surface area (Å²) in [5.41, 5.74) is 0. The molecular formula is C14H24N2O5S. The number of aliphatic carboxylic acids is 1. The number of hydrogen-bond acceptors (Lipinski definition) is 4. The molecule has 2 atom stereocenters. The van der Waals surface area contributed by atoms with Crippen LogP contribution in [0, 0.1) is 11.8 Å². The van der Waals surface area contributed by atoms with Crippen LogP contribution in [0.3, 0.4) is 0 Å². The summed E-state index contributed by atoms with van der Waals surface area (Å²) in [5, 5.41) is 12.0. The Morgan fingerprint density at radius 3 is 2.36 bits per heavy atom. The molecule has 1 saturated heterocycles. The molecule has 2 rings (SSSR count). The molecule has 1 saturated carbocycles. The third-order valence-corrected chi connectivity index (χ3v) is 6.63. The van der Waals surface area contributed by atoms with Gasteiger partial charge in [0.15, 0.2) is 0 Å². The van der Waals surface area contributed by atoms with Gasteiger partial charge in [0.2, 0.25) is 15.9 Å². The quantitative estimate of drug-likeness (QED) is 0.759. The molecular weight excluding hydrogens is 308 g/mol. The van der Waals surface area contributed by atoms with Gasteiger partial charge in [0.25, 0.3) is 0 Å². The predicted octanol–water partition coefficient (Wildman–Crippen LogP) is 0.418. The van der Waals surface area contributed by atoms with Crippen LogP contribution in [0.25, 0.3) is 0 Å². The minimum absolute atomic E-state index is 0.0756. The minimum Gasteiger partial charge on any atom is -0.481 e. The fourth-order valence-corrected chi connectivity index (χ4v) is 4.44. The summed E-state index contributed by atoms with van der Waals surface area (Å²) in [6, 6.07) is -0.289. The van der Waals surface area contributed by atoms with Crippen LogP contribution in [0.2, 0.25) is 0 Å². The Balaban J connectivity index is 1.86. The molecule has 0 radical (unpaired) electrons. The van der Waals surface area contributed by atoms with Crippen LogP contribution in [0.1, 0.15) is 39.0 Å². The predicted molar refractivity (Wildman–Crippen MR) is 80.7 cm³/mol. The average Bonchev–Trinajstić information content (AvgIpc) is 2.95. The lowest BCUT2D eigenvalue weighted by Crippen LogP contribution is -2.47. The van der Waals surface area contributed by atoms with Gasteiger partial charge < -0.3 is 10.4 Å². The maximum Gasteiger partial charge on any atom is 0.308 e. The molecule has 0 aromatic carbocycles. The highest BCUT2D eigenvalue weighted by atomic mass is 32.2. The van der Waals surface area contributed by atoms with Crippen molar-refractivity contribution in [2.75, 3.05) is 18.8 Å². The molecule has 1 heterocycles. The van der Waals surface area contributed by atoms with Crippen LogP contribution in [-0.4, -0.2) is 54.6 Å². The summed E-state index contributed by atoms with van der Waals surface area (Å²) in [6.07, 6.45) is 3.11. The lowest BCUT2D eigenvalue weighted by molar-refractivity contribution is -0.142. The molecule has 0 bridgehead atoms. The van der Waals surface area contributed by atoms with Gasteiger partial charge in [-0.3, -0.25) is 9.59 Å². The van der Waals surface area contributed by atoms with Crippen LogP contribution in [0.4, 0.5) is 0 Å². The Morgan fingerprint density at radius 2 is 1.82 bits per heavy atom. The highest BCUT2D eigenvalue weighted by molar-refractivity contribution is 7.89. The van der Waals surface area contributed by atoms with E-state index in [1.54, 1.807) is 6.92 Å². The fourth-order valence-electron chi connectivity index (χ4n) is 3.31. The molecule has 8 heteroatoms. The van der Waals surface area contributed by atoms with Crippen molar-refractivity contribution in [3.8, 4) is 0 Å². The first-order valence-electron chi connectivity index (χ1n) is 7.86. The zero-order chi connectivity index (χ0) is 16.3. The lowest BCUT2D eigenvalue weighted by atomic mass is 9.95. The zero-order valence-electron chi connectivity index (χ0n) is 12.8. The molecule has 1 aliphatic heterocycles. The number of carbonyl (C=O) groups is 2. The van der Waals surface area contributed by atoms with Crippen molar-refractivity contribution in [3.05, 3.63) is 0 Å². The third-order valence-electron chi connectivity index (χ3n) is 4.74. The number of nitrogens with zero attached hydrogens (tertiary/aromatic N) is 1. The lowest BCUT2D eigenvalue weighted by Gasteiger charge is -2.31. The molecule has 1 aliphatic carbocycles. The van der Waals surface area contributed by atoms with E-state index in [0.29, 0.717) is 38.8 Å². The highest BCUT2D eigenvalue weighted by Crippen LogP contribution is 2.27. The first kappa shape index (κ1) is 17.2. The second-order valence-electron chi connectivity index (χ2n) is 6.06. The van der Waals surface area contributed by atoms with Crippen LogP contribution < -0.4 is 5.32 Å². The van der Waals surface area contributed by atoms with E-state index in [4.69, 9.17) is 5.11 Å². The van der Waals surface area contributed by atoms with Crippen LogP contribution >= 0.6 is 0 Å². The van der Waals surface area contributed by atoms with Crippen molar-refractivity contribution in [3.63, 3.8) is 0 Å². The second-order valence-corrected chi connectivity index (χ2v) is 8.32. The Morgan fingerprint density at radius 1 is 1.18 bits per heavy atom. The van der Waals surface area contributed by atoms with Gasteiger partial charge in [-0.15, -0.1) is 0 Å². The summed E-state index contributed by atoms with van der Waals surface area (Å²) in [4.78, 5) is 23.4. The topological polar surface area (TPSA) is 104 Å². The maximum atomic E-state index is 12.3. The summed E-state index contributed by atoms with van der Waals surface area (Å²) in [6.45, 7) is 2.34. The van der Waals surface area contributed by atoms with E-state index in [-0.39, 0.29) is 23.6 Å². The van der Waals surface area contributed by atoms with E-state index in [9.17, 15) is 18.0 Å². The Bertz CT molecular complexity index is 525. The molecule has 1 amide bonds. The van der Waals surface area contributed by atoms with Gasteiger partial charge in [-0.2, -0.15) is 0 Å². The standard InChI is InChI=1S/C14H24N2O5S/c1-2-22(20,21)16-8-6-10(7-9-16)13(17)15-12-5-3-4-11(12)14(18)19/h10-12H,2-9H2,1H3,(H,15,17)(H,18,19)/t11-,12+/m0/s1. The summed E-state index contributed by atoms with van der Waals surface area (Å²) in [7, 11) is -3.19.